The Labute approximate surface area is 89.5 Å². The molecule has 0 radical (unpaired) electrons. The lowest BCUT2D eigenvalue weighted by molar-refractivity contribution is -0.101. The van der Waals surface area contributed by atoms with Gasteiger partial charge in [0.15, 0.2) is 0 Å². The van der Waals surface area contributed by atoms with Gasteiger partial charge in [0.05, 0.1) is 4.90 Å². The highest BCUT2D eigenvalue weighted by Crippen LogP contribution is 2.17. The molecule has 1 aromatic carbocycles. The van der Waals surface area contributed by atoms with Crippen molar-refractivity contribution in [2.45, 2.75) is 18.2 Å². The second kappa shape index (κ2) is 3.92. The molecule has 0 saturated carbocycles. The predicted octanol–water partition coefficient (Wildman–Crippen LogP) is 1.32. The molecule has 0 aromatic heterocycles. The normalized spacial score (nSPS) is 17.4. The highest BCUT2D eigenvalue weighted by atomic mass is 32.2. The van der Waals surface area contributed by atoms with E-state index >= 15 is 0 Å². The molecule has 2 rings (SSSR count). The van der Waals surface area contributed by atoms with Gasteiger partial charge in [0.2, 0.25) is 0 Å². The fourth-order valence-electron chi connectivity index (χ4n) is 1.25. The van der Waals surface area contributed by atoms with E-state index in [-0.39, 0.29) is 4.90 Å². The number of aryl methyl sites for hydroxylation is 1. The third kappa shape index (κ3) is 2.37. The van der Waals surface area contributed by atoms with Gasteiger partial charge in [-0.1, -0.05) is 17.7 Å². The topological polar surface area (TPSA) is 46.6 Å². The predicted molar refractivity (Wildman–Crippen MR) is 55.6 cm³/mol. The van der Waals surface area contributed by atoms with Crippen LogP contribution in [0.3, 0.4) is 0 Å². The van der Waals surface area contributed by atoms with Crippen LogP contribution in [0, 0.1) is 6.92 Å². The van der Waals surface area contributed by atoms with Crippen LogP contribution in [0.25, 0.3) is 0 Å². The Balaban J connectivity index is 2.17. The molecule has 1 aliphatic heterocycles. The molecule has 5 heteroatoms. The molecule has 1 saturated heterocycles. The van der Waals surface area contributed by atoms with Crippen molar-refractivity contribution in [3.8, 4) is 0 Å². The molecule has 0 amide bonds. The Hall–Kier alpha value is -0.910. The average molecular weight is 227 g/mol. The van der Waals surface area contributed by atoms with Crippen molar-refractivity contribution in [3.63, 3.8) is 0 Å². The molecule has 4 nitrogen and oxygen atoms in total. The zero-order valence-electron chi connectivity index (χ0n) is 8.51. The van der Waals surface area contributed by atoms with Gasteiger partial charge in [-0.2, -0.15) is 17.8 Å². The number of hydrogen-bond donors (Lipinski definition) is 0. The van der Waals surface area contributed by atoms with E-state index in [1.54, 1.807) is 24.3 Å². The number of nitrogens with zero attached hydrogens (tertiary/aromatic N) is 1. The molecule has 1 fully saturated rings. The van der Waals surface area contributed by atoms with Crippen LogP contribution in [-0.2, 0) is 14.4 Å². The van der Waals surface area contributed by atoms with Crippen molar-refractivity contribution in [1.82, 2.24) is 5.06 Å². The number of hydrogen-bond acceptors (Lipinski definition) is 4. The number of rotatable bonds is 3. The maximum atomic E-state index is 11.7. The molecule has 0 atom stereocenters. The minimum atomic E-state index is -3.61. The van der Waals surface area contributed by atoms with Crippen LogP contribution >= 0.6 is 0 Å². The van der Waals surface area contributed by atoms with E-state index in [2.05, 4.69) is 0 Å². The molecule has 1 aliphatic rings. The minimum Gasteiger partial charge on any atom is -0.192 e. The van der Waals surface area contributed by atoms with Crippen LogP contribution in [0.4, 0.5) is 0 Å². The minimum absolute atomic E-state index is 0.208. The Bertz CT molecular complexity index is 434. The summed E-state index contributed by atoms with van der Waals surface area (Å²) >= 11 is 0. The van der Waals surface area contributed by atoms with E-state index in [1.165, 1.54) is 5.06 Å². The van der Waals surface area contributed by atoms with E-state index in [9.17, 15) is 8.42 Å². The molecule has 1 heterocycles. The van der Waals surface area contributed by atoms with E-state index in [0.717, 1.165) is 12.0 Å². The first-order valence-corrected chi connectivity index (χ1v) is 6.25. The monoisotopic (exact) mass is 227 g/mol. The molecule has 15 heavy (non-hydrogen) atoms. The second-order valence-electron chi connectivity index (χ2n) is 3.62. The standard InChI is InChI=1S/C10H13NO3S/c1-9-3-5-10(6-4-9)15(12,13)14-11-7-2-8-11/h3-6H,2,7-8H2,1H3. The smallest absolute Gasteiger partial charge is 0.192 e. The first-order valence-electron chi connectivity index (χ1n) is 4.84. The van der Waals surface area contributed by atoms with Crippen LogP contribution in [0.5, 0.6) is 0 Å². The van der Waals surface area contributed by atoms with Crippen LogP contribution in [-0.4, -0.2) is 26.6 Å². The van der Waals surface area contributed by atoms with Crippen molar-refractivity contribution in [2.75, 3.05) is 13.1 Å². The van der Waals surface area contributed by atoms with Crippen molar-refractivity contribution in [3.05, 3.63) is 29.8 Å². The zero-order chi connectivity index (χ0) is 10.9. The number of hydroxylamine groups is 2. The fraction of sp³-hybridized carbons (Fsp3) is 0.400. The van der Waals surface area contributed by atoms with Crippen molar-refractivity contribution < 1.29 is 12.7 Å². The summed E-state index contributed by atoms with van der Waals surface area (Å²) in [6, 6.07) is 6.63. The maximum absolute atomic E-state index is 11.7. The SMILES string of the molecule is Cc1ccc(S(=O)(=O)ON2CCC2)cc1. The van der Waals surface area contributed by atoms with Gasteiger partial charge >= 0.3 is 10.1 Å². The summed E-state index contributed by atoms with van der Waals surface area (Å²) in [5.41, 5.74) is 1.03. The van der Waals surface area contributed by atoms with Crippen molar-refractivity contribution in [2.24, 2.45) is 0 Å². The van der Waals surface area contributed by atoms with Gasteiger partial charge < -0.3 is 0 Å². The van der Waals surface area contributed by atoms with Crippen molar-refractivity contribution in [1.29, 1.82) is 0 Å². The molecule has 1 aromatic rings. The summed E-state index contributed by atoms with van der Waals surface area (Å²) in [5, 5.41) is 1.45. The lowest BCUT2D eigenvalue weighted by atomic mass is 10.2. The first-order chi connectivity index (χ1) is 7.08. The fourth-order valence-corrected chi connectivity index (χ4v) is 2.23. The summed E-state index contributed by atoms with van der Waals surface area (Å²) < 4.78 is 28.3. The lowest BCUT2D eigenvalue weighted by Gasteiger charge is -2.28. The van der Waals surface area contributed by atoms with Gasteiger partial charge in [-0.3, -0.25) is 0 Å². The Kier molecular flexibility index (Phi) is 2.77. The highest BCUT2D eigenvalue weighted by Gasteiger charge is 2.24. The molecule has 0 N–H and O–H groups in total. The van der Waals surface area contributed by atoms with Crippen LogP contribution in [0.15, 0.2) is 29.2 Å². The maximum Gasteiger partial charge on any atom is 0.313 e. The average Bonchev–Trinajstić information content (AvgIpc) is 2.13. The summed E-state index contributed by atoms with van der Waals surface area (Å²) in [6.45, 7) is 3.28. The Morgan fingerprint density at radius 1 is 1.20 bits per heavy atom. The third-order valence-corrected chi connectivity index (χ3v) is 3.58. The third-order valence-electron chi connectivity index (χ3n) is 2.33. The molecule has 0 spiro atoms. The van der Waals surface area contributed by atoms with Gasteiger partial charge in [0.25, 0.3) is 0 Å². The molecule has 0 aliphatic carbocycles. The van der Waals surface area contributed by atoms with E-state index < -0.39 is 10.1 Å². The zero-order valence-corrected chi connectivity index (χ0v) is 9.33. The van der Waals surface area contributed by atoms with Gasteiger partial charge in [0.1, 0.15) is 0 Å². The van der Waals surface area contributed by atoms with E-state index in [4.69, 9.17) is 4.28 Å². The largest absolute Gasteiger partial charge is 0.313 e. The lowest BCUT2D eigenvalue weighted by Crippen LogP contribution is -2.38. The molecule has 0 bridgehead atoms. The Morgan fingerprint density at radius 3 is 2.27 bits per heavy atom. The first kappa shape index (κ1) is 10.6. The van der Waals surface area contributed by atoms with Gasteiger partial charge in [0, 0.05) is 13.1 Å². The van der Waals surface area contributed by atoms with E-state index in [0.29, 0.717) is 13.1 Å². The summed E-state index contributed by atoms with van der Waals surface area (Å²) in [5.74, 6) is 0. The Morgan fingerprint density at radius 2 is 1.80 bits per heavy atom. The number of benzene rings is 1. The molecular formula is C10H13NO3S. The van der Waals surface area contributed by atoms with Crippen molar-refractivity contribution >= 4 is 10.1 Å². The van der Waals surface area contributed by atoms with Gasteiger partial charge in [-0.15, -0.1) is 0 Å². The van der Waals surface area contributed by atoms with Crippen LogP contribution < -0.4 is 0 Å². The molecule has 0 unspecified atom stereocenters. The highest BCUT2D eigenvalue weighted by molar-refractivity contribution is 7.86. The van der Waals surface area contributed by atoms with Gasteiger partial charge in [-0.25, -0.2) is 0 Å². The van der Waals surface area contributed by atoms with Gasteiger partial charge in [-0.05, 0) is 25.5 Å². The van der Waals surface area contributed by atoms with Crippen LogP contribution in [0.2, 0.25) is 0 Å². The van der Waals surface area contributed by atoms with E-state index in [1.807, 2.05) is 6.92 Å². The summed E-state index contributed by atoms with van der Waals surface area (Å²) in [4.78, 5) is 0.208. The molecule has 82 valence electrons. The molecular weight excluding hydrogens is 214 g/mol. The van der Waals surface area contributed by atoms with Crippen LogP contribution in [0.1, 0.15) is 12.0 Å². The second-order valence-corrected chi connectivity index (χ2v) is 5.15. The summed E-state index contributed by atoms with van der Waals surface area (Å²) in [7, 11) is -3.61. The quantitative estimate of drug-likeness (QED) is 0.781. The summed E-state index contributed by atoms with van der Waals surface area (Å²) in [6.07, 6.45) is 0.990.